The second-order valence-electron chi connectivity index (χ2n) is 4.97. The molecule has 0 aromatic rings. The van der Waals surface area contributed by atoms with Crippen LogP contribution in [0.2, 0.25) is 0 Å². The number of amides is 1. The maximum atomic E-state index is 11.8. The van der Waals surface area contributed by atoms with Crippen molar-refractivity contribution in [3.05, 3.63) is 0 Å². The zero-order chi connectivity index (χ0) is 10.7. The lowest BCUT2D eigenvalue weighted by molar-refractivity contribution is -0.123. The third kappa shape index (κ3) is 2.33. The summed E-state index contributed by atoms with van der Waals surface area (Å²) in [6, 6.07) is 0.0627. The average molecular weight is 210 g/mol. The van der Waals surface area contributed by atoms with Crippen LogP contribution in [0.15, 0.2) is 0 Å². The van der Waals surface area contributed by atoms with E-state index in [1.54, 1.807) is 0 Å². The van der Waals surface area contributed by atoms with Crippen LogP contribution < -0.4 is 10.6 Å². The highest BCUT2D eigenvalue weighted by Gasteiger charge is 2.38. The van der Waals surface area contributed by atoms with E-state index >= 15 is 0 Å². The van der Waals surface area contributed by atoms with Crippen LogP contribution in [0.5, 0.6) is 0 Å². The van der Waals surface area contributed by atoms with Crippen molar-refractivity contribution in [2.45, 2.75) is 63.5 Å². The van der Waals surface area contributed by atoms with Crippen molar-refractivity contribution in [3.63, 3.8) is 0 Å². The summed E-state index contributed by atoms with van der Waals surface area (Å²) >= 11 is 0. The van der Waals surface area contributed by atoms with Crippen LogP contribution in [0.1, 0.15) is 51.9 Å². The minimum Gasteiger partial charge on any atom is -0.355 e. The SMILES string of the molecule is CCC1(NC2CCCCNC2=O)CCC1. The first-order valence-corrected chi connectivity index (χ1v) is 6.31. The molecular formula is C12H22N2O. The van der Waals surface area contributed by atoms with Gasteiger partial charge in [-0.1, -0.05) is 6.92 Å². The van der Waals surface area contributed by atoms with Crippen LogP contribution in [0.4, 0.5) is 0 Å². The molecule has 0 aromatic heterocycles. The zero-order valence-corrected chi connectivity index (χ0v) is 9.64. The third-order valence-electron chi connectivity index (χ3n) is 4.00. The van der Waals surface area contributed by atoms with Crippen molar-refractivity contribution in [1.29, 1.82) is 0 Å². The van der Waals surface area contributed by atoms with Gasteiger partial charge in [-0.3, -0.25) is 4.79 Å². The molecule has 0 spiro atoms. The average Bonchev–Trinajstić information content (AvgIpc) is 2.37. The molecule has 2 aliphatic rings. The van der Waals surface area contributed by atoms with E-state index in [4.69, 9.17) is 0 Å². The van der Waals surface area contributed by atoms with E-state index in [9.17, 15) is 4.79 Å². The molecule has 1 amide bonds. The molecule has 86 valence electrons. The van der Waals surface area contributed by atoms with Gasteiger partial charge in [-0.15, -0.1) is 0 Å². The first-order chi connectivity index (χ1) is 7.26. The van der Waals surface area contributed by atoms with Crippen LogP contribution in [0.25, 0.3) is 0 Å². The lowest BCUT2D eigenvalue weighted by Gasteiger charge is -2.44. The Kier molecular flexibility index (Phi) is 3.29. The molecule has 1 saturated carbocycles. The van der Waals surface area contributed by atoms with Gasteiger partial charge in [0.25, 0.3) is 0 Å². The Hall–Kier alpha value is -0.570. The van der Waals surface area contributed by atoms with Gasteiger partial charge in [0.2, 0.25) is 5.91 Å². The highest BCUT2D eigenvalue weighted by molar-refractivity contribution is 5.82. The van der Waals surface area contributed by atoms with Gasteiger partial charge in [0.15, 0.2) is 0 Å². The number of nitrogens with one attached hydrogen (secondary N) is 2. The molecular weight excluding hydrogens is 188 g/mol. The summed E-state index contributed by atoms with van der Waals surface area (Å²) in [5.41, 5.74) is 0.284. The third-order valence-corrected chi connectivity index (χ3v) is 4.00. The van der Waals surface area contributed by atoms with Crippen molar-refractivity contribution in [1.82, 2.24) is 10.6 Å². The van der Waals surface area contributed by atoms with Gasteiger partial charge in [0, 0.05) is 12.1 Å². The standard InChI is InChI=1S/C12H22N2O/c1-2-12(7-5-8-12)14-10-6-3-4-9-13-11(10)15/h10,14H,2-9H2,1H3,(H,13,15). The van der Waals surface area contributed by atoms with Gasteiger partial charge in [-0.05, 0) is 44.9 Å². The van der Waals surface area contributed by atoms with E-state index in [0.717, 1.165) is 32.2 Å². The number of carbonyl (C=O) groups excluding carboxylic acids is 1. The molecule has 1 aliphatic heterocycles. The second-order valence-corrected chi connectivity index (χ2v) is 4.97. The fraction of sp³-hybridized carbons (Fsp3) is 0.917. The van der Waals surface area contributed by atoms with Gasteiger partial charge in [0.1, 0.15) is 0 Å². The van der Waals surface area contributed by atoms with Crippen molar-refractivity contribution in [2.24, 2.45) is 0 Å². The lowest BCUT2D eigenvalue weighted by atomic mass is 9.74. The number of rotatable bonds is 3. The van der Waals surface area contributed by atoms with Crippen molar-refractivity contribution < 1.29 is 4.79 Å². The number of hydrogen-bond acceptors (Lipinski definition) is 2. The van der Waals surface area contributed by atoms with E-state index in [2.05, 4.69) is 17.6 Å². The van der Waals surface area contributed by atoms with E-state index in [-0.39, 0.29) is 17.5 Å². The maximum absolute atomic E-state index is 11.8. The van der Waals surface area contributed by atoms with Gasteiger partial charge < -0.3 is 10.6 Å². The zero-order valence-electron chi connectivity index (χ0n) is 9.64. The van der Waals surface area contributed by atoms with Crippen LogP contribution >= 0.6 is 0 Å². The van der Waals surface area contributed by atoms with Crippen molar-refractivity contribution >= 4 is 5.91 Å². The first-order valence-electron chi connectivity index (χ1n) is 6.31. The summed E-state index contributed by atoms with van der Waals surface area (Å²) in [5, 5.41) is 6.58. The molecule has 2 rings (SSSR count). The summed E-state index contributed by atoms with van der Waals surface area (Å²) in [7, 11) is 0. The van der Waals surface area contributed by atoms with Crippen molar-refractivity contribution in [3.8, 4) is 0 Å². The van der Waals surface area contributed by atoms with Gasteiger partial charge in [-0.2, -0.15) is 0 Å². The van der Waals surface area contributed by atoms with Crippen LogP contribution in [-0.4, -0.2) is 24.0 Å². The van der Waals surface area contributed by atoms with Crippen LogP contribution in [0.3, 0.4) is 0 Å². The molecule has 0 aromatic carbocycles. The van der Waals surface area contributed by atoms with Gasteiger partial charge in [-0.25, -0.2) is 0 Å². The highest BCUT2D eigenvalue weighted by Crippen LogP contribution is 2.35. The Morgan fingerprint density at radius 1 is 1.40 bits per heavy atom. The number of hydrogen-bond donors (Lipinski definition) is 2. The molecule has 0 radical (unpaired) electrons. The van der Waals surface area contributed by atoms with Gasteiger partial charge in [0.05, 0.1) is 6.04 Å². The minimum absolute atomic E-state index is 0.0627. The summed E-state index contributed by atoms with van der Waals surface area (Å²) in [5.74, 6) is 0.215. The molecule has 2 fully saturated rings. The molecule has 1 saturated heterocycles. The molecule has 0 bridgehead atoms. The van der Waals surface area contributed by atoms with Crippen molar-refractivity contribution in [2.75, 3.05) is 6.54 Å². The molecule has 1 unspecified atom stereocenters. The van der Waals surface area contributed by atoms with E-state index in [1.165, 1.54) is 19.3 Å². The van der Waals surface area contributed by atoms with Crippen LogP contribution in [0, 0.1) is 0 Å². The predicted molar refractivity (Wildman–Crippen MR) is 60.7 cm³/mol. The highest BCUT2D eigenvalue weighted by atomic mass is 16.2. The molecule has 3 heteroatoms. The largest absolute Gasteiger partial charge is 0.355 e. The second kappa shape index (κ2) is 4.52. The first kappa shape index (κ1) is 10.9. The minimum atomic E-state index is 0.0627. The monoisotopic (exact) mass is 210 g/mol. The fourth-order valence-corrected chi connectivity index (χ4v) is 2.65. The van der Waals surface area contributed by atoms with Crippen LogP contribution in [-0.2, 0) is 4.79 Å². The Bertz CT molecular complexity index is 230. The fourth-order valence-electron chi connectivity index (χ4n) is 2.65. The van der Waals surface area contributed by atoms with E-state index in [0.29, 0.717) is 0 Å². The predicted octanol–water partition coefficient (Wildman–Crippen LogP) is 1.58. The molecule has 1 aliphatic carbocycles. The summed E-state index contributed by atoms with van der Waals surface area (Å²) in [4.78, 5) is 11.8. The molecule has 1 heterocycles. The quantitative estimate of drug-likeness (QED) is 0.742. The Labute approximate surface area is 92.0 Å². The molecule has 15 heavy (non-hydrogen) atoms. The molecule has 1 atom stereocenters. The molecule has 3 nitrogen and oxygen atoms in total. The topological polar surface area (TPSA) is 41.1 Å². The smallest absolute Gasteiger partial charge is 0.237 e. The summed E-state index contributed by atoms with van der Waals surface area (Å²) < 4.78 is 0. The Morgan fingerprint density at radius 3 is 2.80 bits per heavy atom. The maximum Gasteiger partial charge on any atom is 0.237 e. The summed E-state index contributed by atoms with van der Waals surface area (Å²) in [6.45, 7) is 3.08. The normalized spacial score (nSPS) is 30.2. The Balaban J connectivity index is 1.93. The number of carbonyl (C=O) groups is 1. The van der Waals surface area contributed by atoms with Gasteiger partial charge >= 0.3 is 0 Å². The van der Waals surface area contributed by atoms with E-state index < -0.39 is 0 Å². The lowest BCUT2D eigenvalue weighted by Crippen LogP contribution is -2.58. The molecule has 2 N–H and O–H groups in total. The van der Waals surface area contributed by atoms with E-state index in [1.807, 2.05) is 0 Å². The summed E-state index contributed by atoms with van der Waals surface area (Å²) in [6.07, 6.45) is 8.25. The Morgan fingerprint density at radius 2 is 2.20 bits per heavy atom.